The summed E-state index contributed by atoms with van der Waals surface area (Å²) in [6.45, 7) is 0. The Kier molecular flexibility index (Phi) is 4.53. The van der Waals surface area contributed by atoms with Crippen LogP contribution in [0.1, 0.15) is 5.56 Å². The molecule has 1 fully saturated rings. The quantitative estimate of drug-likeness (QED) is 0.470. The number of benzene rings is 2. The van der Waals surface area contributed by atoms with Gasteiger partial charge in [0.2, 0.25) is 0 Å². The number of anilines is 1. The van der Waals surface area contributed by atoms with Crippen LogP contribution in [0.4, 0.5) is 16.2 Å². The van der Waals surface area contributed by atoms with Gasteiger partial charge in [0.25, 0.3) is 16.8 Å². The molecule has 1 saturated heterocycles. The summed E-state index contributed by atoms with van der Waals surface area (Å²) in [6.07, 6.45) is 1.47. The molecule has 0 unspecified atom stereocenters. The molecule has 1 heterocycles. The predicted molar refractivity (Wildman–Crippen MR) is 94.5 cm³/mol. The predicted octanol–water partition coefficient (Wildman–Crippen LogP) is 3.84. The zero-order valence-electron chi connectivity index (χ0n) is 13.0. The number of amides is 2. The Hall–Kier alpha value is -3.13. The van der Waals surface area contributed by atoms with Crippen LogP contribution in [0.2, 0.25) is 0 Å². The lowest BCUT2D eigenvalue weighted by atomic mass is 10.2. The summed E-state index contributed by atoms with van der Waals surface area (Å²) in [5.41, 5.74) is 0.836. The van der Waals surface area contributed by atoms with Crippen molar-refractivity contribution in [3.8, 4) is 5.75 Å². The molecular formula is C17H12N2O5S. The first-order chi connectivity index (χ1) is 12.0. The molecule has 2 amide bonds. The van der Waals surface area contributed by atoms with Crippen LogP contribution in [0.25, 0.3) is 6.08 Å². The highest BCUT2D eigenvalue weighted by Crippen LogP contribution is 2.36. The minimum atomic E-state index is -0.513. The third-order valence-electron chi connectivity index (χ3n) is 3.50. The van der Waals surface area contributed by atoms with Crippen LogP contribution in [0, 0.1) is 10.1 Å². The summed E-state index contributed by atoms with van der Waals surface area (Å²) in [4.78, 5) is 36.3. The minimum absolute atomic E-state index is 0.0804. The van der Waals surface area contributed by atoms with Gasteiger partial charge in [-0.1, -0.05) is 12.1 Å². The SMILES string of the molecule is COc1ccc(N2C(=O)S/C(=C\c3cccc([N+](=O)[O-])c3)C2=O)cc1. The Balaban J connectivity index is 1.90. The van der Waals surface area contributed by atoms with Crippen molar-refractivity contribution in [3.05, 3.63) is 69.1 Å². The number of methoxy groups -OCH3 is 1. The molecule has 0 spiro atoms. The standard InChI is InChI=1S/C17H12N2O5S/c1-24-14-7-5-12(6-8-14)18-16(20)15(25-17(18)21)10-11-3-2-4-13(9-11)19(22)23/h2-10H,1H3/b15-10-. The number of nitro benzene ring substituents is 1. The highest BCUT2D eigenvalue weighted by atomic mass is 32.2. The van der Waals surface area contributed by atoms with Crippen LogP contribution in [0.3, 0.4) is 0 Å². The molecule has 2 aromatic rings. The average Bonchev–Trinajstić information content (AvgIpc) is 2.89. The molecule has 0 aromatic heterocycles. The van der Waals surface area contributed by atoms with E-state index in [4.69, 9.17) is 4.74 Å². The third-order valence-corrected chi connectivity index (χ3v) is 4.37. The second-order valence-electron chi connectivity index (χ2n) is 5.07. The number of imide groups is 1. The molecule has 126 valence electrons. The fraction of sp³-hybridized carbons (Fsp3) is 0.0588. The van der Waals surface area contributed by atoms with Gasteiger partial charge in [-0.3, -0.25) is 19.7 Å². The molecule has 0 bridgehead atoms. The van der Waals surface area contributed by atoms with Crippen molar-refractivity contribution in [2.45, 2.75) is 0 Å². The average molecular weight is 356 g/mol. The molecular weight excluding hydrogens is 344 g/mol. The number of carbonyl (C=O) groups excluding carboxylic acids is 2. The summed E-state index contributed by atoms with van der Waals surface area (Å²) in [5.74, 6) is 0.148. The molecule has 0 atom stereocenters. The van der Waals surface area contributed by atoms with E-state index in [0.29, 0.717) is 17.0 Å². The minimum Gasteiger partial charge on any atom is -0.497 e. The lowest BCUT2D eigenvalue weighted by Gasteiger charge is -2.12. The van der Waals surface area contributed by atoms with Crippen molar-refractivity contribution in [1.29, 1.82) is 0 Å². The number of nitro groups is 1. The van der Waals surface area contributed by atoms with E-state index in [0.717, 1.165) is 16.7 Å². The summed E-state index contributed by atoms with van der Waals surface area (Å²) in [6, 6.07) is 12.4. The lowest BCUT2D eigenvalue weighted by molar-refractivity contribution is -0.384. The van der Waals surface area contributed by atoms with Gasteiger partial charge in [-0.15, -0.1) is 0 Å². The summed E-state index contributed by atoms with van der Waals surface area (Å²) in [5, 5.41) is 10.4. The monoisotopic (exact) mass is 356 g/mol. The van der Waals surface area contributed by atoms with E-state index in [1.165, 1.54) is 31.4 Å². The molecule has 0 aliphatic carbocycles. The van der Waals surface area contributed by atoms with Gasteiger partial charge in [-0.2, -0.15) is 0 Å². The van der Waals surface area contributed by atoms with Gasteiger partial charge in [-0.05, 0) is 47.7 Å². The molecule has 2 aromatic carbocycles. The van der Waals surface area contributed by atoms with Crippen LogP contribution in [-0.4, -0.2) is 23.2 Å². The van der Waals surface area contributed by atoms with Gasteiger partial charge in [0.1, 0.15) is 5.75 Å². The molecule has 1 aliphatic heterocycles. The van der Waals surface area contributed by atoms with Gasteiger partial charge in [0.15, 0.2) is 0 Å². The van der Waals surface area contributed by atoms with E-state index >= 15 is 0 Å². The topological polar surface area (TPSA) is 89.8 Å². The summed E-state index contributed by atoms with van der Waals surface area (Å²) in [7, 11) is 1.52. The molecule has 0 N–H and O–H groups in total. The maximum absolute atomic E-state index is 12.5. The summed E-state index contributed by atoms with van der Waals surface area (Å²) < 4.78 is 5.06. The number of thioether (sulfide) groups is 1. The second kappa shape index (κ2) is 6.78. The molecule has 1 aliphatic rings. The number of nitrogens with zero attached hydrogens (tertiary/aromatic N) is 2. The first kappa shape index (κ1) is 16.7. The maximum atomic E-state index is 12.5. The number of hydrogen-bond donors (Lipinski definition) is 0. The Bertz CT molecular complexity index is 892. The van der Waals surface area contributed by atoms with Gasteiger partial charge >= 0.3 is 0 Å². The van der Waals surface area contributed by atoms with Crippen LogP contribution >= 0.6 is 11.8 Å². The Morgan fingerprint density at radius 2 is 1.88 bits per heavy atom. The van der Waals surface area contributed by atoms with E-state index in [2.05, 4.69) is 0 Å². The van der Waals surface area contributed by atoms with Crippen LogP contribution < -0.4 is 9.64 Å². The molecule has 0 radical (unpaired) electrons. The van der Waals surface area contributed by atoms with Crippen molar-refractivity contribution in [2.24, 2.45) is 0 Å². The van der Waals surface area contributed by atoms with Crippen molar-refractivity contribution < 1.29 is 19.2 Å². The molecule has 8 heteroatoms. The van der Waals surface area contributed by atoms with Crippen molar-refractivity contribution in [2.75, 3.05) is 12.0 Å². The second-order valence-corrected chi connectivity index (χ2v) is 6.06. The molecule has 7 nitrogen and oxygen atoms in total. The van der Waals surface area contributed by atoms with Crippen LogP contribution in [-0.2, 0) is 4.79 Å². The van der Waals surface area contributed by atoms with E-state index < -0.39 is 16.1 Å². The fourth-order valence-corrected chi connectivity index (χ4v) is 3.14. The molecule has 3 rings (SSSR count). The van der Waals surface area contributed by atoms with Crippen LogP contribution in [0.15, 0.2) is 53.4 Å². The van der Waals surface area contributed by atoms with Gasteiger partial charge in [0, 0.05) is 12.1 Å². The Labute approximate surface area is 147 Å². The lowest BCUT2D eigenvalue weighted by Crippen LogP contribution is -2.27. The zero-order chi connectivity index (χ0) is 18.0. The normalized spacial score (nSPS) is 15.7. The van der Waals surface area contributed by atoms with E-state index in [1.807, 2.05) is 0 Å². The smallest absolute Gasteiger partial charge is 0.298 e. The van der Waals surface area contributed by atoms with Gasteiger partial charge in [0.05, 0.1) is 22.6 Å². The van der Waals surface area contributed by atoms with E-state index in [9.17, 15) is 19.7 Å². The number of rotatable bonds is 4. The number of non-ortho nitro benzene ring substituents is 1. The van der Waals surface area contributed by atoms with Crippen molar-refractivity contribution in [1.82, 2.24) is 0 Å². The first-order valence-electron chi connectivity index (χ1n) is 7.16. The fourth-order valence-electron chi connectivity index (χ4n) is 2.30. The van der Waals surface area contributed by atoms with Gasteiger partial charge < -0.3 is 4.74 Å². The number of hydrogen-bond acceptors (Lipinski definition) is 6. The first-order valence-corrected chi connectivity index (χ1v) is 7.98. The van der Waals surface area contributed by atoms with E-state index in [-0.39, 0.29) is 10.6 Å². The van der Waals surface area contributed by atoms with Crippen molar-refractivity contribution in [3.63, 3.8) is 0 Å². The Morgan fingerprint density at radius 3 is 2.52 bits per heavy atom. The van der Waals surface area contributed by atoms with Gasteiger partial charge in [-0.25, -0.2) is 4.90 Å². The van der Waals surface area contributed by atoms with Crippen LogP contribution in [0.5, 0.6) is 5.75 Å². The molecule has 25 heavy (non-hydrogen) atoms. The number of ether oxygens (including phenoxy) is 1. The summed E-state index contributed by atoms with van der Waals surface area (Å²) >= 11 is 0.793. The van der Waals surface area contributed by atoms with Crippen molar-refractivity contribution >= 4 is 40.4 Å². The largest absolute Gasteiger partial charge is 0.497 e. The molecule has 0 saturated carbocycles. The third kappa shape index (κ3) is 3.38. The zero-order valence-corrected chi connectivity index (χ0v) is 13.9. The number of carbonyl (C=O) groups is 2. The van der Waals surface area contributed by atoms with E-state index in [1.54, 1.807) is 30.3 Å². The highest BCUT2D eigenvalue weighted by molar-refractivity contribution is 8.19. The highest BCUT2D eigenvalue weighted by Gasteiger charge is 2.36. The maximum Gasteiger partial charge on any atom is 0.298 e. The Morgan fingerprint density at radius 1 is 1.16 bits per heavy atom.